The Kier molecular flexibility index (Phi) is 4.16. The standard InChI is InChI=1S/C13H16F2O/c1-8(2)9(3)13(16)7-10-11(14)5-4-6-12(10)15/h4-6,8-9H,7H2,1-3H3. The summed E-state index contributed by atoms with van der Waals surface area (Å²) in [5.41, 5.74) is -0.125. The number of carbonyl (C=O) groups excluding carboxylic acids is 1. The Morgan fingerprint density at radius 3 is 2.12 bits per heavy atom. The van der Waals surface area contributed by atoms with Crippen LogP contribution in [0.3, 0.4) is 0 Å². The minimum absolute atomic E-state index is 0.125. The highest BCUT2D eigenvalue weighted by atomic mass is 19.1. The van der Waals surface area contributed by atoms with E-state index in [9.17, 15) is 13.6 Å². The number of benzene rings is 1. The van der Waals surface area contributed by atoms with Crippen molar-refractivity contribution in [1.82, 2.24) is 0 Å². The molecule has 0 heterocycles. The predicted octanol–water partition coefficient (Wildman–Crippen LogP) is 3.37. The summed E-state index contributed by atoms with van der Waals surface area (Å²) in [6.45, 7) is 5.62. The van der Waals surface area contributed by atoms with Crippen LogP contribution in [0.5, 0.6) is 0 Å². The van der Waals surface area contributed by atoms with Crippen LogP contribution in [0.2, 0.25) is 0 Å². The average molecular weight is 226 g/mol. The topological polar surface area (TPSA) is 17.1 Å². The van der Waals surface area contributed by atoms with Crippen LogP contribution in [0.1, 0.15) is 26.3 Å². The fourth-order valence-electron chi connectivity index (χ4n) is 1.41. The maximum absolute atomic E-state index is 13.3. The monoisotopic (exact) mass is 226 g/mol. The highest BCUT2D eigenvalue weighted by molar-refractivity contribution is 5.83. The van der Waals surface area contributed by atoms with Gasteiger partial charge >= 0.3 is 0 Å². The molecule has 3 heteroatoms. The molecule has 1 nitrogen and oxygen atoms in total. The quantitative estimate of drug-likeness (QED) is 0.769. The van der Waals surface area contributed by atoms with Gasteiger partial charge in [-0.15, -0.1) is 0 Å². The lowest BCUT2D eigenvalue weighted by atomic mass is 9.90. The van der Waals surface area contributed by atoms with Crippen LogP contribution in [0, 0.1) is 23.5 Å². The molecule has 1 unspecified atom stereocenters. The second-order valence-corrected chi connectivity index (χ2v) is 4.38. The minimum atomic E-state index is -0.649. The van der Waals surface area contributed by atoms with E-state index in [-0.39, 0.29) is 29.6 Å². The fraction of sp³-hybridized carbons (Fsp3) is 0.462. The summed E-state index contributed by atoms with van der Waals surface area (Å²) < 4.78 is 26.6. The molecule has 0 saturated carbocycles. The van der Waals surface area contributed by atoms with Gasteiger partial charge in [-0.1, -0.05) is 26.8 Å². The summed E-state index contributed by atoms with van der Waals surface area (Å²) in [6, 6.07) is 3.64. The molecule has 1 aromatic carbocycles. The molecule has 0 amide bonds. The molecule has 0 saturated heterocycles. The number of Topliss-reactive ketones (excluding diaryl/α,β-unsaturated/α-hetero) is 1. The maximum Gasteiger partial charge on any atom is 0.140 e. The van der Waals surface area contributed by atoms with Gasteiger partial charge in [0, 0.05) is 17.9 Å². The van der Waals surface area contributed by atoms with E-state index < -0.39 is 11.6 Å². The Hall–Kier alpha value is -1.25. The summed E-state index contributed by atoms with van der Waals surface area (Å²) in [5, 5.41) is 0. The third-order valence-corrected chi connectivity index (χ3v) is 2.92. The lowest BCUT2D eigenvalue weighted by Gasteiger charge is -2.14. The summed E-state index contributed by atoms with van der Waals surface area (Å²) in [5.74, 6) is -1.42. The van der Waals surface area contributed by atoms with Crippen LogP contribution in [-0.4, -0.2) is 5.78 Å². The van der Waals surface area contributed by atoms with Gasteiger partial charge in [0.05, 0.1) is 0 Å². The van der Waals surface area contributed by atoms with Crippen molar-refractivity contribution in [2.75, 3.05) is 0 Å². The first kappa shape index (κ1) is 12.8. The Labute approximate surface area is 94.5 Å². The van der Waals surface area contributed by atoms with Gasteiger partial charge in [0.25, 0.3) is 0 Å². The molecule has 16 heavy (non-hydrogen) atoms. The molecule has 0 aliphatic rings. The number of hydrogen-bond donors (Lipinski definition) is 0. The first-order chi connectivity index (χ1) is 7.43. The van der Waals surface area contributed by atoms with Crippen LogP contribution >= 0.6 is 0 Å². The summed E-state index contributed by atoms with van der Waals surface area (Å²) in [6.07, 6.45) is -0.169. The molecular formula is C13H16F2O. The SMILES string of the molecule is CC(C)C(C)C(=O)Cc1c(F)cccc1F. The van der Waals surface area contributed by atoms with E-state index in [1.807, 2.05) is 13.8 Å². The van der Waals surface area contributed by atoms with Crippen LogP contribution in [0.15, 0.2) is 18.2 Å². The normalized spacial score (nSPS) is 12.9. The molecule has 0 aliphatic carbocycles. The van der Waals surface area contributed by atoms with Gasteiger partial charge < -0.3 is 0 Å². The number of carbonyl (C=O) groups is 1. The minimum Gasteiger partial charge on any atom is -0.299 e. The summed E-state index contributed by atoms with van der Waals surface area (Å²) >= 11 is 0. The summed E-state index contributed by atoms with van der Waals surface area (Å²) in [7, 11) is 0. The van der Waals surface area contributed by atoms with Crippen molar-refractivity contribution in [3.05, 3.63) is 35.4 Å². The molecule has 0 N–H and O–H groups in total. The molecule has 0 bridgehead atoms. The molecular weight excluding hydrogens is 210 g/mol. The second kappa shape index (κ2) is 5.19. The second-order valence-electron chi connectivity index (χ2n) is 4.38. The first-order valence-electron chi connectivity index (χ1n) is 5.39. The molecule has 1 aromatic rings. The Bertz CT molecular complexity index is 365. The van der Waals surface area contributed by atoms with Gasteiger partial charge in [-0.3, -0.25) is 4.79 Å². The Morgan fingerprint density at radius 2 is 1.69 bits per heavy atom. The smallest absolute Gasteiger partial charge is 0.140 e. The first-order valence-corrected chi connectivity index (χ1v) is 5.39. The molecule has 88 valence electrons. The average Bonchev–Trinajstić information content (AvgIpc) is 2.22. The highest BCUT2D eigenvalue weighted by Gasteiger charge is 2.20. The van der Waals surface area contributed by atoms with E-state index in [1.54, 1.807) is 6.92 Å². The van der Waals surface area contributed by atoms with Gasteiger partial charge in [-0.2, -0.15) is 0 Å². The van der Waals surface area contributed by atoms with Gasteiger partial charge in [0.2, 0.25) is 0 Å². The number of ketones is 1. The van der Waals surface area contributed by atoms with Crippen molar-refractivity contribution < 1.29 is 13.6 Å². The van der Waals surface area contributed by atoms with E-state index in [1.165, 1.54) is 18.2 Å². The van der Waals surface area contributed by atoms with E-state index in [0.717, 1.165) is 0 Å². The number of rotatable bonds is 4. The van der Waals surface area contributed by atoms with E-state index >= 15 is 0 Å². The third-order valence-electron chi connectivity index (χ3n) is 2.92. The van der Waals surface area contributed by atoms with Gasteiger partial charge in [0.15, 0.2) is 0 Å². The third kappa shape index (κ3) is 2.87. The van der Waals surface area contributed by atoms with Crippen molar-refractivity contribution in [3.8, 4) is 0 Å². The van der Waals surface area contributed by atoms with Crippen molar-refractivity contribution in [2.45, 2.75) is 27.2 Å². The van der Waals surface area contributed by atoms with Crippen molar-refractivity contribution >= 4 is 5.78 Å². The lowest BCUT2D eigenvalue weighted by Crippen LogP contribution is -2.20. The van der Waals surface area contributed by atoms with Crippen LogP contribution < -0.4 is 0 Å². The molecule has 0 radical (unpaired) electrons. The van der Waals surface area contributed by atoms with Crippen LogP contribution in [0.25, 0.3) is 0 Å². The zero-order chi connectivity index (χ0) is 12.3. The largest absolute Gasteiger partial charge is 0.299 e. The molecule has 1 rings (SSSR count). The summed E-state index contributed by atoms with van der Waals surface area (Å²) in [4.78, 5) is 11.7. The van der Waals surface area contributed by atoms with Gasteiger partial charge in [0.1, 0.15) is 17.4 Å². The predicted molar refractivity (Wildman–Crippen MR) is 59.1 cm³/mol. The molecule has 0 aromatic heterocycles. The van der Waals surface area contributed by atoms with Gasteiger partial charge in [-0.25, -0.2) is 8.78 Å². The highest BCUT2D eigenvalue weighted by Crippen LogP contribution is 2.18. The maximum atomic E-state index is 13.3. The molecule has 0 spiro atoms. The van der Waals surface area contributed by atoms with Crippen molar-refractivity contribution in [3.63, 3.8) is 0 Å². The van der Waals surface area contributed by atoms with Crippen molar-refractivity contribution in [2.24, 2.45) is 11.8 Å². The molecule has 0 fully saturated rings. The van der Waals surface area contributed by atoms with Crippen LogP contribution in [0.4, 0.5) is 8.78 Å². The number of hydrogen-bond acceptors (Lipinski definition) is 1. The fourth-order valence-corrected chi connectivity index (χ4v) is 1.41. The van der Waals surface area contributed by atoms with E-state index in [2.05, 4.69) is 0 Å². The van der Waals surface area contributed by atoms with Gasteiger partial charge in [-0.05, 0) is 18.1 Å². The van der Waals surface area contributed by atoms with E-state index in [0.29, 0.717) is 0 Å². The van der Waals surface area contributed by atoms with Crippen molar-refractivity contribution in [1.29, 1.82) is 0 Å². The van der Waals surface area contributed by atoms with E-state index in [4.69, 9.17) is 0 Å². The Balaban J connectivity index is 2.85. The molecule has 1 atom stereocenters. The lowest BCUT2D eigenvalue weighted by molar-refractivity contribution is -0.123. The Morgan fingerprint density at radius 1 is 1.19 bits per heavy atom. The van der Waals surface area contributed by atoms with Crippen LogP contribution in [-0.2, 0) is 11.2 Å². The molecule has 0 aliphatic heterocycles. The number of halogens is 2. The zero-order valence-corrected chi connectivity index (χ0v) is 9.76. The zero-order valence-electron chi connectivity index (χ0n) is 9.76.